The minimum absolute atomic E-state index is 0.0173. The normalized spacial score (nSPS) is 10.8. The van der Waals surface area contributed by atoms with Crippen molar-refractivity contribution < 1.29 is 24.2 Å². The Bertz CT molecular complexity index is 1100. The van der Waals surface area contributed by atoms with Gasteiger partial charge in [0.1, 0.15) is 18.1 Å². The molecular formula is C25H23NO5S. The van der Waals surface area contributed by atoms with Crippen molar-refractivity contribution in [1.82, 2.24) is 4.98 Å². The minimum atomic E-state index is -0.881. The Morgan fingerprint density at radius 3 is 2.62 bits per heavy atom. The van der Waals surface area contributed by atoms with Crippen LogP contribution in [0, 0.1) is 0 Å². The molecule has 0 saturated heterocycles. The van der Waals surface area contributed by atoms with E-state index in [1.54, 1.807) is 37.6 Å². The summed E-state index contributed by atoms with van der Waals surface area (Å²) in [4.78, 5) is 27.8. The number of hydrogen-bond donors (Lipinski definition) is 1. The van der Waals surface area contributed by atoms with Gasteiger partial charge in [-0.3, -0.25) is 14.6 Å². The van der Waals surface area contributed by atoms with Crippen LogP contribution in [0.4, 0.5) is 0 Å². The number of benzene rings is 2. The van der Waals surface area contributed by atoms with Crippen LogP contribution in [-0.4, -0.2) is 34.7 Å². The number of aromatic nitrogens is 1. The van der Waals surface area contributed by atoms with Crippen LogP contribution in [0.5, 0.6) is 11.5 Å². The molecule has 3 aromatic rings. The van der Waals surface area contributed by atoms with Crippen LogP contribution in [0.25, 0.3) is 6.08 Å². The lowest BCUT2D eigenvalue weighted by atomic mass is 10.1. The lowest BCUT2D eigenvalue weighted by Gasteiger charge is -2.10. The molecule has 6 nitrogen and oxygen atoms in total. The van der Waals surface area contributed by atoms with Crippen LogP contribution in [0.2, 0.25) is 0 Å². The van der Waals surface area contributed by atoms with E-state index >= 15 is 0 Å². The Morgan fingerprint density at radius 1 is 1.06 bits per heavy atom. The van der Waals surface area contributed by atoms with Gasteiger partial charge in [0.15, 0.2) is 5.78 Å². The predicted octanol–water partition coefficient (Wildman–Crippen LogP) is 4.88. The lowest BCUT2D eigenvalue weighted by molar-refractivity contribution is -0.133. The Labute approximate surface area is 190 Å². The molecule has 164 valence electrons. The van der Waals surface area contributed by atoms with E-state index in [9.17, 15) is 9.59 Å². The summed E-state index contributed by atoms with van der Waals surface area (Å²) in [6.45, 7) is 0.329. The molecule has 0 unspecified atom stereocenters. The molecule has 1 heterocycles. The SMILES string of the molecule is COc1ccc(C(=O)/C=C\c2ccccc2OCc2ccccn2)cc1CSCC(=O)O. The number of ketones is 1. The van der Waals surface area contributed by atoms with Gasteiger partial charge in [-0.15, -0.1) is 11.8 Å². The topological polar surface area (TPSA) is 85.7 Å². The summed E-state index contributed by atoms with van der Waals surface area (Å²) in [6.07, 6.45) is 4.94. The Morgan fingerprint density at radius 2 is 1.88 bits per heavy atom. The number of ether oxygens (including phenoxy) is 2. The summed E-state index contributed by atoms with van der Waals surface area (Å²) in [5.41, 5.74) is 2.87. The van der Waals surface area contributed by atoms with Crippen LogP contribution in [0.1, 0.15) is 27.2 Å². The first-order chi connectivity index (χ1) is 15.6. The number of para-hydroxylation sites is 1. The molecule has 0 aliphatic heterocycles. The predicted molar refractivity (Wildman–Crippen MR) is 125 cm³/mol. The van der Waals surface area contributed by atoms with Crippen molar-refractivity contribution >= 4 is 29.6 Å². The molecule has 0 fully saturated rings. The molecule has 1 aromatic heterocycles. The third kappa shape index (κ3) is 6.72. The second-order valence-electron chi connectivity index (χ2n) is 6.76. The van der Waals surface area contributed by atoms with Gasteiger partial charge < -0.3 is 14.6 Å². The molecule has 2 aromatic carbocycles. The summed E-state index contributed by atoms with van der Waals surface area (Å²) < 4.78 is 11.2. The summed E-state index contributed by atoms with van der Waals surface area (Å²) in [5.74, 6) is 0.644. The molecule has 0 aliphatic carbocycles. The number of carbonyl (C=O) groups excluding carboxylic acids is 1. The van der Waals surface area contributed by atoms with E-state index in [4.69, 9.17) is 14.6 Å². The zero-order chi connectivity index (χ0) is 22.8. The fraction of sp³-hybridized carbons (Fsp3) is 0.160. The number of nitrogens with zero attached hydrogens (tertiary/aromatic N) is 1. The van der Waals surface area contributed by atoms with Gasteiger partial charge in [-0.2, -0.15) is 0 Å². The molecule has 1 N–H and O–H groups in total. The van der Waals surface area contributed by atoms with E-state index in [0.717, 1.165) is 16.8 Å². The number of allylic oxidation sites excluding steroid dienone is 1. The number of rotatable bonds is 11. The maximum absolute atomic E-state index is 12.8. The molecule has 0 aliphatic rings. The molecule has 32 heavy (non-hydrogen) atoms. The molecule has 0 atom stereocenters. The van der Waals surface area contributed by atoms with Gasteiger partial charge in [0.2, 0.25) is 0 Å². The molecule has 0 amide bonds. The van der Waals surface area contributed by atoms with E-state index in [-0.39, 0.29) is 11.5 Å². The average molecular weight is 450 g/mol. The van der Waals surface area contributed by atoms with E-state index in [1.807, 2.05) is 42.5 Å². The van der Waals surface area contributed by atoms with Gasteiger partial charge in [0, 0.05) is 28.6 Å². The largest absolute Gasteiger partial charge is 0.496 e. The first kappa shape index (κ1) is 23.1. The average Bonchev–Trinajstić information content (AvgIpc) is 2.82. The molecule has 3 rings (SSSR count). The Kier molecular flexibility index (Phi) is 8.45. The van der Waals surface area contributed by atoms with Gasteiger partial charge in [-0.1, -0.05) is 24.3 Å². The highest BCUT2D eigenvalue weighted by Crippen LogP contribution is 2.26. The number of hydrogen-bond acceptors (Lipinski definition) is 6. The number of carboxylic acids is 1. The number of methoxy groups -OCH3 is 1. The molecule has 0 saturated carbocycles. The first-order valence-corrected chi connectivity index (χ1v) is 11.0. The lowest BCUT2D eigenvalue weighted by Crippen LogP contribution is -2.01. The van der Waals surface area contributed by atoms with E-state index in [0.29, 0.717) is 29.4 Å². The quantitative estimate of drug-likeness (QED) is 0.330. The van der Waals surface area contributed by atoms with Crippen LogP contribution >= 0.6 is 11.8 Å². The van der Waals surface area contributed by atoms with Crippen molar-refractivity contribution in [1.29, 1.82) is 0 Å². The third-order valence-corrected chi connectivity index (χ3v) is 5.45. The van der Waals surface area contributed by atoms with Crippen molar-refractivity contribution in [3.8, 4) is 11.5 Å². The highest BCUT2D eigenvalue weighted by molar-refractivity contribution is 7.99. The summed E-state index contributed by atoms with van der Waals surface area (Å²) in [7, 11) is 1.55. The summed E-state index contributed by atoms with van der Waals surface area (Å²) in [6, 6.07) is 18.3. The van der Waals surface area contributed by atoms with Crippen LogP contribution in [-0.2, 0) is 17.2 Å². The summed E-state index contributed by atoms with van der Waals surface area (Å²) >= 11 is 1.25. The van der Waals surface area contributed by atoms with E-state index < -0.39 is 5.97 Å². The van der Waals surface area contributed by atoms with Crippen LogP contribution < -0.4 is 9.47 Å². The second kappa shape index (κ2) is 11.7. The van der Waals surface area contributed by atoms with Gasteiger partial charge in [-0.25, -0.2) is 0 Å². The van der Waals surface area contributed by atoms with Gasteiger partial charge >= 0.3 is 5.97 Å². The van der Waals surface area contributed by atoms with Crippen molar-refractivity contribution in [3.05, 3.63) is 95.3 Å². The monoisotopic (exact) mass is 449 g/mol. The maximum atomic E-state index is 12.8. The molecule has 0 spiro atoms. The third-order valence-electron chi connectivity index (χ3n) is 4.48. The summed E-state index contributed by atoms with van der Waals surface area (Å²) in [5, 5.41) is 8.84. The molecule has 0 bridgehead atoms. The van der Waals surface area contributed by atoms with Gasteiger partial charge in [0.05, 0.1) is 18.6 Å². The Hall–Kier alpha value is -3.58. The zero-order valence-electron chi connectivity index (χ0n) is 17.6. The standard InChI is InChI=1S/C25H23NO5S/c1-30-23-12-10-19(14-20(23)16-32-17-25(28)29)22(27)11-9-18-6-2-3-8-24(18)31-15-21-7-4-5-13-26-21/h2-14H,15-17H2,1H3,(H,28,29)/b11-9-. The van der Waals surface area contributed by atoms with Gasteiger partial charge in [0.25, 0.3) is 0 Å². The van der Waals surface area contributed by atoms with Crippen molar-refractivity contribution in [2.45, 2.75) is 12.4 Å². The Balaban J connectivity index is 1.71. The van der Waals surface area contributed by atoms with Gasteiger partial charge in [-0.05, 0) is 48.6 Å². The van der Waals surface area contributed by atoms with E-state index in [2.05, 4.69) is 4.98 Å². The van der Waals surface area contributed by atoms with Crippen LogP contribution in [0.3, 0.4) is 0 Å². The number of carbonyl (C=O) groups is 2. The maximum Gasteiger partial charge on any atom is 0.313 e. The number of pyridine rings is 1. The smallest absolute Gasteiger partial charge is 0.313 e. The number of aliphatic carboxylic acids is 1. The zero-order valence-corrected chi connectivity index (χ0v) is 18.4. The van der Waals surface area contributed by atoms with Crippen molar-refractivity contribution in [3.63, 3.8) is 0 Å². The fourth-order valence-corrected chi connectivity index (χ4v) is 3.66. The number of thioether (sulfide) groups is 1. The van der Waals surface area contributed by atoms with E-state index in [1.165, 1.54) is 17.8 Å². The first-order valence-electron chi connectivity index (χ1n) is 9.87. The fourth-order valence-electron chi connectivity index (χ4n) is 2.94. The highest BCUT2D eigenvalue weighted by atomic mass is 32.2. The number of carboxylic acid groups (broad SMARTS) is 1. The van der Waals surface area contributed by atoms with Crippen molar-refractivity contribution in [2.75, 3.05) is 12.9 Å². The highest BCUT2D eigenvalue weighted by Gasteiger charge is 2.10. The molecular weight excluding hydrogens is 426 g/mol. The van der Waals surface area contributed by atoms with Crippen molar-refractivity contribution in [2.24, 2.45) is 0 Å². The minimum Gasteiger partial charge on any atom is -0.496 e. The molecule has 0 radical (unpaired) electrons. The second-order valence-corrected chi connectivity index (χ2v) is 7.74. The molecule has 7 heteroatoms. The van der Waals surface area contributed by atoms with Crippen LogP contribution in [0.15, 0.2) is 72.9 Å².